The second-order valence-corrected chi connectivity index (χ2v) is 15.6. The predicted molar refractivity (Wildman–Crippen MR) is 243 cm³/mol. The number of hydrogen-bond donors (Lipinski definition) is 0. The maximum Gasteiger partial charge on any atom is 0.0462 e. The minimum absolute atomic E-state index is 1.11. The molecule has 56 heavy (non-hydrogen) atoms. The number of anilines is 3. The van der Waals surface area contributed by atoms with Crippen molar-refractivity contribution in [3.63, 3.8) is 0 Å². The summed E-state index contributed by atoms with van der Waals surface area (Å²) in [4.78, 5) is 2.37. The Morgan fingerprint density at radius 2 is 0.768 bits per heavy atom. The Labute approximate surface area is 330 Å². The fourth-order valence-corrected chi connectivity index (χ4v) is 9.72. The van der Waals surface area contributed by atoms with Gasteiger partial charge in [-0.3, -0.25) is 0 Å². The zero-order chi connectivity index (χ0) is 37.0. The van der Waals surface area contributed by atoms with Gasteiger partial charge in [-0.15, -0.1) is 11.3 Å². The van der Waals surface area contributed by atoms with Crippen molar-refractivity contribution in [3.8, 4) is 33.4 Å². The van der Waals surface area contributed by atoms with Crippen LogP contribution in [0.3, 0.4) is 0 Å². The first kappa shape index (κ1) is 32.4. The van der Waals surface area contributed by atoms with E-state index in [1.807, 2.05) is 11.3 Å². The molecule has 0 saturated heterocycles. The summed E-state index contributed by atoms with van der Waals surface area (Å²) in [5.74, 6) is 0. The van der Waals surface area contributed by atoms with E-state index in [2.05, 4.69) is 217 Å². The van der Waals surface area contributed by atoms with Gasteiger partial charge in [0.1, 0.15) is 0 Å². The fourth-order valence-electron chi connectivity index (χ4n) is 8.59. The molecule has 1 nitrogen and oxygen atoms in total. The van der Waals surface area contributed by atoms with Gasteiger partial charge in [0.2, 0.25) is 0 Å². The zero-order valence-corrected chi connectivity index (χ0v) is 31.4. The van der Waals surface area contributed by atoms with Crippen LogP contribution < -0.4 is 4.90 Å². The molecular formula is C54H35NS. The van der Waals surface area contributed by atoms with Gasteiger partial charge in [0, 0.05) is 37.2 Å². The highest BCUT2D eigenvalue weighted by atomic mass is 32.1. The van der Waals surface area contributed by atoms with Crippen molar-refractivity contribution >= 4 is 80.9 Å². The molecule has 0 aliphatic rings. The lowest BCUT2D eigenvalue weighted by atomic mass is 9.91. The Hall–Kier alpha value is -7.00. The molecule has 0 bridgehead atoms. The van der Waals surface area contributed by atoms with Crippen molar-refractivity contribution in [2.45, 2.75) is 0 Å². The largest absolute Gasteiger partial charge is 0.311 e. The molecular weight excluding hydrogens is 695 g/mol. The first-order chi connectivity index (χ1) is 27.8. The van der Waals surface area contributed by atoms with Gasteiger partial charge in [0.15, 0.2) is 0 Å². The van der Waals surface area contributed by atoms with E-state index < -0.39 is 0 Å². The van der Waals surface area contributed by atoms with E-state index in [-0.39, 0.29) is 0 Å². The third kappa shape index (κ3) is 5.46. The lowest BCUT2D eigenvalue weighted by molar-refractivity contribution is 1.28. The zero-order valence-electron chi connectivity index (χ0n) is 30.6. The summed E-state index contributed by atoms with van der Waals surface area (Å²) in [6, 6.07) is 77.6. The predicted octanol–water partition coefficient (Wildman–Crippen LogP) is 16.0. The molecule has 0 unspecified atom stereocenters. The maximum atomic E-state index is 2.37. The quantitative estimate of drug-likeness (QED) is 0.154. The molecule has 0 fully saturated rings. The molecule has 2 heteroatoms. The Morgan fingerprint density at radius 1 is 0.268 bits per heavy atom. The topological polar surface area (TPSA) is 3.24 Å². The van der Waals surface area contributed by atoms with Crippen LogP contribution >= 0.6 is 11.3 Å². The lowest BCUT2D eigenvalue weighted by Gasteiger charge is -2.26. The molecule has 0 atom stereocenters. The number of nitrogens with zero attached hydrogens (tertiary/aromatic N) is 1. The van der Waals surface area contributed by atoms with Gasteiger partial charge >= 0.3 is 0 Å². The smallest absolute Gasteiger partial charge is 0.0462 e. The van der Waals surface area contributed by atoms with E-state index >= 15 is 0 Å². The van der Waals surface area contributed by atoms with Gasteiger partial charge in [-0.2, -0.15) is 0 Å². The summed E-state index contributed by atoms with van der Waals surface area (Å²) >= 11 is 1.86. The second kappa shape index (κ2) is 13.4. The molecule has 0 saturated carbocycles. The molecule has 0 spiro atoms. The lowest BCUT2D eigenvalue weighted by Crippen LogP contribution is -2.09. The highest BCUT2D eigenvalue weighted by Gasteiger charge is 2.17. The average molecular weight is 730 g/mol. The molecule has 11 aromatic rings. The van der Waals surface area contributed by atoms with Crippen molar-refractivity contribution in [3.05, 3.63) is 212 Å². The van der Waals surface area contributed by atoms with Gasteiger partial charge in [0.25, 0.3) is 0 Å². The molecule has 1 aromatic heterocycles. The van der Waals surface area contributed by atoms with E-state index in [0.717, 1.165) is 17.1 Å². The minimum atomic E-state index is 1.11. The summed E-state index contributed by atoms with van der Waals surface area (Å²) in [5, 5.41) is 10.3. The number of benzene rings is 10. The van der Waals surface area contributed by atoms with E-state index in [0.29, 0.717) is 0 Å². The van der Waals surface area contributed by atoms with Gasteiger partial charge < -0.3 is 4.90 Å². The van der Waals surface area contributed by atoms with Crippen LogP contribution in [-0.4, -0.2) is 0 Å². The molecule has 0 aliphatic carbocycles. The number of fused-ring (bicyclic) bond motifs is 8. The van der Waals surface area contributed by atoms with Crippen LogP contribution in [0, 0.1) is 0 Å². The van der Waals surface area contributed by atoms with Crippen molar-refractivity contribution < 1.29 is 0 Å². The standard InChI is InChI=1S/C54H35NS/c1-2-10-36(11-3-1)37-20-28-42(29-21-37)55(44-32-24-40(25-33-44)47-17-9-19-52-54(47)50-15-6-7-18-51(50)56-52)43-30-22-39(23-31-43)46-16-8-13-41-27-34-48-45-14-5-4-12-38(45)26-35-49(48)53(41)46/h1-35H. The van der Waals surface area contributed by atoms with E-state index in [1.165, 1.54) is 85.9 Å². The van der Waals surface area contributed by atoms with Crippen molar-refractivity contribution in [2.24, 2.45) is 0 Å². The normalized spacial score (nSPS) is 11.6. The second-order valence-electron chi connectivity index (χ2n) is 14.5. The third-order valence-corrected chi connectivity index (χ3v) is 12.4. The Kier molecular flexibility index (Phi) is 7.75. The first-order valence-corrected chi connectivity index (χ1v) is 20.0. The van der Waals surface area contributed by atoms with Crippen LogP contribution in [0.4, 0.5) is 17.1 Å². The fraction of sp³-hybridized carbons (Fsp3) is 0. The third-order valence-electron chi connectivity index (χ3n) is 11.3. The van der Waals surface area contributed by atoms with Crippen LogP contribution in [0.5, 0.6) is 0 Å². The Bertz CT molecular complexity index is 3210. The van der Waals surface area contributed by atoms with Gasteiger partial charge in [-0.05, 0) is 114 Å². The minimum Gasteiger partial charge on any atom is -0.311 e. The van der Waals surface area contributed by atoms with Gasteiger partial charge in [0.05, 0.1) is 0 Å². The summed E-state index contributed by atoms with van der Waals surface area (Å²) in [5.41, 5.74) is 10.7. The van der Waals surface area contributed by atoms with Gasteiger partial charge in [-0.1, -0.05) is 164 Å². The monoisotopic (exact) mass is 729 g/mol. The Balaban J connectivity index is 1.02. The van der Waals surface area contributed by atoms with Gasteiger partial charge in [-0.25, -0.2) is 0 Å². The molecule has 0 aliphatic heterocycles. The van der Waals surface area contributed by atoms with Crippen LogP contribution in [-0.2, 0) is 0 Å². The Morgan fingerprint density at radius 3 is 1.48 bits per heavy atom. The van der Waals surface area contributed by atoms with Crippen LogP contribution in [0.15, 0.2) is 212 Å². The molecule has 0 amide bonds. The summed E-state index contributed by atoms with van der Waals surface area (Å²) < 4.78 is 2.64. The SMILES string of the molecule is c1ccc(-c2ccc(N(c3ccc(-c4cccc5ccc6c7ccccc7ccc6c45)cc3)c3ccc(-c4cccc5sc6ccccc6c45)cc3)cc2)cc1. The highest BCUT2D eigenvalue weighted by molar-refractivity contribution is 7.25. The molecule has 11 rings (SSSR count). The van der Waals surface area contributed by atoms with Crippen LogP contribution in [0.1, 0.15) is 0 Å². The number of thiophene rings is 1. The first-order valence-electron chi connectivity index (χ1n) is 19.2. The maximum absolute atomic E-state index is 2.37. The van der Waals surface area contributed by atoms with Crippen molar-refractivity contribution in [2.75, 3.05) is 4.90 Å². The summed E-state index contributed by atoms with van der Waals surface area (Å²) in [7, 11) is 0. The number of rotatable bonds is 6. The molecule has 0 radical (unpaired) electrons. The highest BCUT2D eigenvalue weighted by Crippen LogP contribution is 2.43. The number of hydrogen-bond acceptors (Lipinski definition) is 2. The van der Waals surface area contributed by atoms with Crippen LogP contribution in [0.25, 0.3) is 85.9 Å². The van der Waals surface area contributed by atoms with E-state index in [4.69, 9.17) is 0 Å². The van der Waals surface area contributed by atoms with Crippen LogP contribution in [0.2, 0.25) is 0 Å². The average Bonchev–Trinajstić information content (AvgIpc) is 3.66. The molecule has 10 aromatic carbocycles. The summed E-state index contributed by atoms with van der Waals surface area (Å²) in [6.45, 7) is 0. The van der Waals surface area contributed by atoms with E-state index in [1.54, 1.807) is 0 Å². The molecule has 1 heterocycles. The summed E-state index contributed by atoms with van der Waals surface area (Å²) in [6.07, 6.45) is 0. The molecule has 262 valence electrons. The van der Waals surface area contributed by atoms with E-state index in [9.17, 15) is 0 Å². The van der Waals surface area contributed by atoms with Crippen molar-refractivity contribution in [1.29, 1.82) is 0 Å². The molecule has 0 N–H and O–H groups in total. The van der Waals surface area contributed by atoms with Crippen molar-refractivity contribution in [1.82, 2.24) is 0 Å².